The second-order valence-electron chi connectivity index (χ2n) is 4.02. The van der Waals surface area contributed by atoms with Crippen molar-refractivity contribution in [3.63, 3.8) is 0 Å². The number of aromatic amines is 1. The summed E-state index contributed by atoms with van der Waals surface area (Å²) in [5.41, 5.74) is -1.26. The van der Waals surface area contributed by atoms with Crippen LogP contribution in [-0.2, 0) is 21.3 Å². The number of aliphatic hydroxyl groups excluding tert-OH is 2. The molecular formula is C10H11N2O6PS. The maximum absolute atomic E-state index is 11.7. The summed E-state index contributed by atoms with van der Waals surface area (Å²) in [5, 5.41) is 19.1. The monoisotopic (exact) mass is 318 g/mol. The normalized spacial score (nSPS) is 29.1. The fraction of sp³-hybridized carbons (Fsp3) is 0.500. The first kappa shape index (κ1) is 15.3. The van der Waals surface area contributed by atoms with Gasteiger partial charge in [-0.3, -0.25) is 0 Å². The molecule has 1 aliphatic heterocycles. The Hall–Kier alpha value is -1.05. The molecule has 0 aliphatic carbocycles. The topological polar surface area (TPSA) is 114 Å². The summed E-state index contributed by atoms with van der Waals surface area (Å²) in [5.74, 6) is 2.37. The summed E-state index contributed by atoms with van der Waals surface area (Å²) < 4.78 is 11.6. The van der Waals surface area contributed by atoms with Crippen LogP contribution in [0.2, 0.25) is 0 Å². The van der Waals surface area contributed by atoms with Gasteiger partial charge < -0.3 is 0 Å². The standard InChI is InChI=1S/C10H11N2O6PS/c13-3-5-7(15)8(17-4-19-20)9(18-5)12-2-1-6(14)11-10(12)16/h1-2,5,7-9,13,15H,3H2,(H,11,14,16)/t5-,7-,8-,9-/m1/s1. The number of hydrogen-bond donors (Lipinski definition) is 3. The Kier molecular flexibility index (Phi) is 5.06. The molecule has 4 atom stereocenters. The van der Waals surface area contributed by atoms with E-state index in [1.54, 1.807) is 0 Å². The molecule has 10 heteroatoms. The molecule has 0 amide bonds. The van der Waals surface area contributed by atoms with Gasteiger partial charge >= 0.3 is 118 Å². The molecule has 2 rings (SSSR count). The molecule has 20 heavy (non-hydrogen) atoms. The quantitative estimate of drug-likeness (QED) is 0.581. The molecule has 1 aromatic rings. The van der Waals surface area contributed by atoms with Crippen LogP contribution in [-0.4, -0.2) is 44.7 Å². The van der Waals surface area contributed by atoms with Crippen molar-refractivity contribution < 1.29 is 19.7 Å². The first-order chi connectivity index (χ1) is 9.58. The van der Waals surface area contributed by atoms with E-state index >= 15 is 0 Å². The number of rotatable bonds is 3. The summed E-state index contributed by atoms with van der Waals surface area (Å²) in [6, 6.07) is 1.14. The molecule has 8 nitrogen and oxygen atoms in total. The molecule has 1 fully saturated rings. The Balaban J connectivity index is 2.40. The van der Waals surface area contributed by atoms with Gasteiger partial charge in [-0.25, -0.2) is 0 Å². The van der Waals surface area contributed by atoms with Crippen LogP contribution in [0, 0.1) is 5.81 Å². The minimum absolute atomic E-state index is 0.293. The van der Waals surface area contributed by atoms with Crippen LogP contribution >= 0.6 is 6.81 Å². The van der Waals surface area contributed by atoms with Gasteiger partial charge in [0.25, 0.3) is 0 Å². The van der Waals surface area contributed by atoms with E-state index in [2.05, 4.69) is 22.6 Å². The van der Waals surface area contributed by atoms with Gasteiger partial charge in [0.2, 0.25) is 0 Å². The van der Waals surface area contributed by atoms with Crippen molar-refractivity contribution in [1.82, 2.24) is 9.55 Å². The molecule has 0 spiro atoms. The van der Waals surface area contributed by atoms with E-state index in [0.29, 0.717) is 6.81 Å². The molecule has 108 valence electrons. The van der Waals surface area contributed by atoms with Crippen molar-refractivity contribution in [3.8, 4) is 5.81 Å². The van der Waals surface area contributed by atoms with E-state index in [4.69, 9.17) is 14.6 Å². The Morgan fingerprint density at radius 1 is 1.60 bits per heavy atom. The molecule has 0 aromatic carbocycles. The molecule has 3 N–H and O–H groups in total. The third kappa shape index (κ3) is 2.99. The SMILES string of the molecule is O=c1ccn([C@@H]2O[C@H](CO)[C@@H](O)[C@H]2OC#P=S)c(=O)[nH]1. The number of aliphatic hydroxyl groups is 2. The number of nitrogens with one attached hydrogen (secondary N) is 1. The first-order valence-electron chi connectivity index (χ1n) is 5.57. The molecular weight excluding hydrogens is 307 g/mol. The zero-order valence-electron chi connectivity index (χ0n) is 10.0. The van der Waals surface area contributed by atoms with Gasteiger partial charge in [-0.2, -0.15) is 0 Å². The van der Waals surface area contributed by atoms with Crippen molar-refractivity contribution in [2.75, 3.05) is 6.61 Å². The summed E-state index contributed by atoms with van der Waals surface area (Å²) in [6.45, 7) is -0.150. The van der Waals surface area contributed by atoms with Crippen molar-refractivity contribution in [1.29, 1.82) is 0 Å². The van der Waals surface area contributed by atoms with Gasteiger partial charge in [-0.05, 0) is 0 Å². The average molecular weight is 318 g/mol. The van der Waals surface area contributed by atoms with Gasteiger partial charge in [0, 0.05) is 0 Å². The van der Waals surface area contributed by atoms with Gasteiger partial charge in [-0.15, -0.1) is 0 Å². The second-order valence-corrected chi connectivity index (χ2v) is 4.93. The first-order valence-corrected chi connectivity index (χ1v) is 7.48. The average Bonchev–Trinajstić information content (AvgIpc) is 2.73. The van der Waals surface area contributed by atoms with Gasteiger partial charge in [0.1, 0.15) is 0 Å². The van der Waals surface area contributed by atoms with Crippen molar-refractivity contribution in [3.05, 3.63) is 33.1 Å². The van der Waals surface area contributed by atoms with Crippen LogP contribution < -0.4 is 11.2 Å². The number of hydrogen-bond acceptors (Lipinski definition) is 7. The molecule has 1 saturated heterocycles. The Morgan fingerprint density at radius 3 is 2.95 bits per heavy atom. The number of aromatic nitrogens is 2. The number of nitrogens with zero attached hydrogens (tertiary/aromatic N) is 1. The van der Waals surface area contributed by atoms with E-state index in [1.165, 1.54) is 6.20 Å². The van der Waals surface area contributed by atoms with E-state index in [-0.39, 0.29) is 0 Å². The van der Waals surface area contributed by atoms with Gasteiger partial charge in [0.05, 0.1) is 0 Å². The van der Waals surface area contributed by atoms with Crippen molar-refractivity contribution in [2.45, 2.75) is 24.5 Å². The summed E-state index contributed by atoms with van der Waals surface area (Å²) in [4.78, 5) is 24.8. The Bertz CT molecular complexity index is 697. The van der Waals surface area contributed by atoms with Crippen molar-refractivity contribution >= 4 is 18.6 Å². The zero-order chi connectivity index (χ0) is 14.7. The fourth-order valence-electron chi connectivity index (χ4n) is 1.93. The second kappa shape index (κ2) is 6.60. The predicted octanol–water partition coefficient (Wildman–Crippen LogP) is -1.50. The Labute approximate surface area is 118 Å². The molecule has 1 aromatic heterocycles. The molecule has 0 unspecified atom stereocenters. The van der Waals surface area contributed by atoms with Crippen LogP contribution in [0.1, 0.15) is 6.23 Å². The maximum atomic E-state index is 11.7. The third-order valence-electron chi connectivity index (χ3n) is 2.84. The van der Waals surface area contributed by atoms with Crippen LogP contribution in [0.15, 0.2) is 21.9 Å². The Morgan fingerprint density at radius 2 is 2.35 bits per heavy atom. The summed E-state index contributed by atoms with van der Waals surface area (Å²) in [7, 11) is 0. The molecule has 1 aliphatic rings. The van der Waals surface area contributed by atoms with E-state index < -0.39 is 42.4 Å². The molecule has 0 radical (unpaired) electrons. The third-order valence-corrected chi connectivity index (χ3v) is 3.25. The van der Waals surface area contributed by atoms with Crippen LogP contribution in [0.5, 0.6) is 0 Å². The number of H-pyrrole nitrogens is 1. The van der Waals surface area contributed by atoms with Crippen LogP contribution in [0.3, 0.4) is 0 Å². The van der Waals surface area contributed by atoms with E-state index in [1.807, 2.05) is 0 Å². The molecule has 2 heterocycles. The van der Waals surface area contributed by atoms with Gasteiger partial charge in [-0.1, -0.05) is 0 Å². The van der Waals surface area contributed by atoms with Crippen molar-refractivity contribution in [2.24, 2.45) is 0 Å². The number of ether oxygens (including phenoxy) is 2. The zero-order valence-corrected chi connectivity index (χ0v) is 11.7. The van der Waals surface area contributed by atoms with E-state index in [9.17, 15) is 14.7 Å². The summed E-state index contributed by atoms with van der Waals surface area (Å²) in [6.07, 6.45) is -2.82. The van der Waals surface area contributed by atoms with Crippen LogP contribution in [0.25, 0.3) is 0 Å². The fourth-order valence-corrected chi connectivity index (χ4v) is 2.22. The molecule has 0 bridgehead atoms. The van der Waals surface area contributed by atoms with E-state index in [0.717, 1.165) is 10.6 Å². The van der Waals surface area contributed by atoms with Gasteiger partial charge in [0.15, 0.2) is 0 Å². The van der Waals surface area contributed by atoms with Crippen LogP contribution in [0.4, 0.5) is 0 Å². The predicted molar refractivity (Wildman–Crippen MR) is 71.4 cm³/mol. The molecule has 0 saturated carbocycles. The minimum atomic E-state index is -1.16. The summed E-state index contributed by atoms with van der Waals surface area (Å²) >= 11 is 4.63.